The Morgan fingerprint density at radius 3 is 2.95 bits per heavy atom. The van der Waals surface area contributed by atoms with Gasteiger partial charge in [-0.1, -0.05) is 5.16 Å². The second-order valence-electron chi connectivity index (χ2n) is 4.66. The van der Waals surface area contributed by atoms with Gasteiger partial charge in [-0.25, -0.2) is 0 Å². The molecule has 0 aromatic carbocycles. The van der Waals surface area contributed by atoms with Crippen LogP contribution in [-0.4, -0.2) is 20.2 Å². The molecule has 1 fully saturated rings. The van der Waals surface area contributed by atoms with E-state index >= 15 is 0 Å². The SMILES string of the molecule is Cc1ccc(OCc2nc(C3CC3)no2)c(CO)n1. The summed E-state index contributed by atoms with van der Waals surface area (Å²) in [6.45, 7) is 1.90. The van der Waals surface area contributed by atoms with Crippen LogP contribution in [0.3, 0.4) is 0 Å². The van der Waals surface area contributed by atoms with Crippen molar-refractivity contribution in [3.8, 4) is 5.75 Å². The minimum atomic E-state index is -0.159. The molecule has 19 heavy (non-hydrogen) atoms. The number of aromatic nitrogens is 3. The molecular weight excluding hydrogens is 246 g/mol. The lowest BCUT2D eigenvalue weighted by Gasteiger charge is -2.07. The number of hydrogen-bond acceptors (Lipinski definition) is 6. The number of nitrogens with zero attached hydrogens (tertiary/aromatic N) is 3. The Morgan fingerprint density at radius 2 is 2.21 bits per heavy atom. The highest BCUT2D eigenvalue weighted by Gasteiger charge is 2.28. The summed E-state index contributed by atoms with van der Waals surface area (Å²) >= 11 is 0. The average molecular weight is 261 g/mol. The molecule has 2 aromatic rings. The molecule has 1 N–H and O–H groups in total. The minimum absolute atomic E-state index is 0.159. The van der Waals surface area contributed by atoms with Crippen molar-refractivity contribution in [1.29, 1.82) is 0 Å². The second-order valence-corrected chi connectivity index (χ2v) is 4.66. The maximum Gasteiger partial charge on any atom is 0.264 e. The third-order valence-corrected chi connectivity index (χ3v) is 3.00. The number of hydrogen-bond donors (Lipinski definition) is 1. The first-order valence-electron chi connectivity index (χ1n) is 6.29. The molecule has 0 atom stereocenters. The van der Waals surface area contributed by atoms with E-state index in [1.807, 2.05) is 13.0 Å². The highest BCUT2D eigenvalue weighted by Crippen LogP contribution is 2.38. The van der Waals surface area contributed by atoms with Crippen LogP contribution in [0.5, 0.6) is 5.75 Å². The summed E-state index contributed by atoms with van der Waals surface area (Å²) in [5, 5.41) is 13.1. The van der Waals surface area contributed by atoms with Crippen LogP contribution >= 0.6 is 0 Å². The lowest BCUT2D eigenvalue weighted by molar-refractivity contribution is 0.225. The standard InChI is InChI=1S/C13H15N3O3/c1-8-2-5-11(10(6-17)14-8)18-7-12-15-13(16-19-12)9-3-4-9/h2,5,9,17H,3-4,6-7H2,1H3. The molecule has 0 unspecified atom stereocenters. The van der Waals surface area contributed by atoms with Crippen LogP contribution in [0.15, 0.2) is 16.7 Å². The summed E-state index contributed by atoms with van der Waals surface area (Å²) in [5.41, 5.74) is 1.35. The monoisotopic (exact) mass is 261 g/mol. The number of ether oxygens (including phenoxy) is 1. The van der Waals surface area contributed by atoms with Gasteiger partial charge in [-0.15, -0.1) is 0 Å². The maximum absolute atomic E-state index is 9.23. The molecule has 3 rings (SSSR count). The molecule has 6 nitrogen and oxygen atoms in total. The molecular formula is C13H15N3O3. The Morgan fingerprint density at radius 1 is 1.37 bits per heavy atom. The van der Waals surface area contributed by atoms with Gasteiger partial charge in [-0.2, -0.15) is 4.98 Å². The Kier molecular flexibility index (Phi) is 3.16. The van der Waals surface area contributed by atoms with Crippen LogP contribution < -0.4 is 4.74 Å². The summed E-state index contributed by atoms with van der Waals surface area (Å²) in [6, 6.07) is 3.62. The topological polar surface area (TPSA) is 81.3 Å². The van der Waals surface area contributed by atoms with Crippen molar-refractivity contribution in [3.05, 3.63) is 35.2 Å². The van der Waals surface area contributed by atoms with Gasteiger partial charge in [0, 0.05) is 11.6 Å². The van der Waals surface area contributed by atoms with E-state index in [4.69, 9.17) is 9.26 Å². The van der Waals surface area contributed by atoms with Gasteiger partial charge < -0.3 is 14.4 Å². The Hall–Kier alpha value is -1.95. The van der Waals surface area contributed by atoms with Crippen LogP contribution in [0, 0.1) is 6.92 Å². The number of pyridine rings is 1. The van der Waals surface area contributed by atoms with Crippen molar-refractivity contribution < 1.29 is 14.4 Å². The number of aliphatic hydroxyl groups is 1. The first kappa shape index (κ1) is 12.1. The van der Waals surface area contributed by atoms with Gasteiger partial charge in [0.15, 0.2) is 12.4 Å². The second kappa shape index (κ2) is 4.97. The number of aryl methyl sites for hydroxylation is 1. The molecule has 6 heteroatoms. The predicted octanol–water partition coefficient (Wildman–Crippen LogP) is 1.72. The van der Waals surface area contributed by atoms with Crippen LogP contribution in [0.4, 0.5) is 0 Å². The molecule has 1 aliphatic carbocycles. The van der Waals surface area contributed by atoms with Crippen molar-refractivity contribution in [2.24, 2.45) is 0 Å². The third-order valence-electron chi connectivity index (χ3n) is 3.00. The fourth-order valence-corrected chi connectivity index (χ4v) is 1.82. The molecule has 0 bridgehead atoms. The van der Waals surface area contributed by atoms with Crippen LogP contribution in [0.25, 0.3) is 0 Å². The van der Waals surface area contributed by atoms with E-state index in [1.54, 1.807) is 6.07 Å². The fraction of sp³-hybridized carbons (Fsp3) is 0.462. The molecule has 0 aliphatic heterocycles. The van der Waals surface area contributed by atoms with Crippen molar-refractivity contribution in [1.82, 2.24) is 15.1 Å². The van der Waals surface area contributed by atoms with Gasteiger partial charge in [0.2, 0.25) is 0 Å². The summed E-state index contributed by atoms with van der Waals surface area (Å²) in [6.07, 6.45) is 2.27. The first-order chi connectivity index (χ1) is 9.26. The summed E-state index contributed by atoms with van der Waals surface area (Å²) in [7, 11) is 0. The Labute approximate surface area is 110 Å². The quantitative estimate of drug-likeness (QED) is 0.882. The fourth-order valence-electron chi connectivity index (χ4n) is 1.82. The van der Waals surface area contributed by atoms with E-state index < -0.39 is 0 Å². The zero-order valence-corrected chi connectivity index (χ0v) is 10.7. The highest BCUT2D eigenvalue weighted by molar-refractivity contribution is 5.28. The predicted molar refractivity (Wildman–Crippen MR) is 65.5 cm³/mol. The molecule has 100 valence electrons. The smallest absolute Gasteiger partial charge is 0.264 e. The first-order valence-corrected chi connectivity index (χ1v) is 6.29. The normalized spacial score (nSPS) is 14.6. The van der Waals surface area contributed by atoms with Crippen molar-refractivity contribution in [3.63, 3.8) is 0 Å². The number of aliphatic hydroxyl groups excluding tert-OH is 1. The molecule has 2 heterocycles. The Balaban J connectivity index is 1.67. The van der Waals surface area contributed by atoms with E-state index in [0.717, 1.165) is 24.4 Å². The van der Waals surface area contributed by atoms with Crippen LogP contribution in [-0.2, 0) is 13.2 Å². The van der Waals surface area contributed by atoms with E-state index in [2.05, 4.69) is 15.1 Å². The van der Waals surface area contributed by atoms with Crippen molar-refractivity contribution in [2.45, 2.75) is 38.9 Å². The Bertz CT molecular complexity index is 578. The molecule has 0 amide bonds. The van der Waals surface area contributed by atoms with Crippen LogP contribution in [0.1, 0.15) is 41.9 Å². The maximum atomic E-state index is 9.23. The molecule has 1 saturated carbocycles. The van der Waals surface area contributed by atoms with E-state index in [-0.39, 0.29) is 13.2 Å². The zero-order valence-electron chi connectivity index (χ0n) is 10.7. The molecule has 1 aliphatic rings. The molecule has 2 aromatic heterocycles. The van der Waals surface area contributed by atoms with Crippen LogP contribution in [0.2, 0.25) is 0 Å². The average Bonchev–Trinajstić information content (AvgIpc) is 3.17. The highest BCUT2D eigenvalue weighted by atomic mass is 16.5. The van der Waals surface area contributed by atoms with Gasteiger partial charge in [-0.3, -0.25) is 4.98 Å². The summed E-state index contributed by atoms with van der Waals surface area (Å²) in [5.74, 6) is 2.22. The van der Waals surface area contributed by atoms with E-state index in [9.17, 15) is 5.11 Å². The summed E-state index contributed by atoms with van der Waals surface area (Å²) < 4.78 is 10.7. The van der Waals surface area contributed by atoms with Gasteiger partial charge in [0.05, 0.1) is 6.61 Å². The van der Waals surface area contributed by atoms with E-state index in [0.29, 0.717) is 23.3 Å². The molecule has 0 radical (unpaired) electrons. The third kappa shape index (κ3) is 2.73. The zero-order chi connectivity index (χ0) is 13.2. The van der Waals surface area contributed by atoms with Gasteiger partial charge in [-0.05, 0) is 31.9 Å². The lowest BCUT2D eigenvalue weighted by Crippen LogP contribution is -2.02. The number of rotatable bonds is 5. The van der Waals surface area contributed by atoms with Gasteiger partial charge >= 0.3 is 0 Å². The van der Waals surface area contributed by atoms with Gasteiger partial charge in [0.25, 0.3) is 5.89 Å². The van der Waals surface area contributed by atoms with E-state index in [1.165, 1.54) is 0 Å². The molecule has 0 saturated heterocycles. The van der Waals surface area contributed by atoms with Crippen molar-refractivity contribution in [2.75, 3.05) is 0 Å². The largest absolute Gasteiger partial charge is 0.482 e. The summed E-state index contributed by atoms with van der Waals surface area (Å²) in [4.78, 5) is 8.48. The van der Waals surface area contributed by atoms with Gasteiger partial charge in [0.1, 0.15) is 11.4 Å². The minimum Gasteiger partial charge on any atom is -0.482 e. The van der Waals surface area contributed by atoms with Crippen molar-refractivity contribution >= 4 is 0 Å². The molecule has 0 spiro atoms. The lowest BCUT2D eigenvalue weighted by atomic mass is 10.3.